The summed E-state index contributed by atoms with van der Waals surface area (Å²) in [5.74, 6) is -8.20. The van der Waals surface area contributed by atoms with Crippen LogP contribution < -0.4 is 9.47 Å². The summed E-state index contributed by atoms with van der Waals surface area (Å²) in [5, 5.41) is 50.4. The molecule has 2 aliphatic rings. The highest BCUT2D eigenvalue weighted by molar-refractivity contribution is 6.30. The number of esters is 2. The molecule has 5 N–H and O–H groups in total. The number of hydrogen-bond acceptors (Lipinski definition) is 13. The number of nitrogens with zero attached hydrogens (tertiary/aromatic N) is 1. The number of carboxylic acids is 2. The van der Waals surface area contributed by atoms with Crippen LogP contribution in [0.4, 0.5) is 4.39 Å². The Morgan fingerprint density at radius 3 is 2.18 bits per heavy atom. The molecule has 0 spiro atoms. The van der Waals surface area contributed by atoms with Crippen molar-refractivity contribution in [2.24, 2.45) is 0 Å². The Labute approximate surface area is 346 Å². The van der Waals surface area contributed by atoms with Gasteiger partial charge in [-0.1, -0.05) is 23.7 Å². The normalized spacial score (nSPS) is 14.3. The number of Topliss-reactive ketones (excluding diaryl/α,β-unsaturated/α-hetero) is 1. The van der Waals surface area contributed by atoms with Gasteiger partial charge in [-0.2, -0.15) is 0 Å². The van der Waals surface area contributed by atoms with E-state index in [4.69, 9.17) is 30.9 Å². The number of rotatable bonds is 12. The van der Waals surface area contributed by atoms with Gasteiger partial charge in [0.2, 0.25) is 0 Å². The number of likely N-dealkylation sites (tertiary alicyclic amines) is 1. The van der Waals surface area contributed by atoms with E-state index in [0.29, 0.717) is 42.0 Å². The molecule has 0 unspecified atom stereocenters. The molecule has 1 saturated heterocycles. The van der Waals surface area contributed by atoms with Gasteiger partial charge >= 0.3 is 23.9 Å². The largest absolute Gasteiger partial charge is 0.507 e. The average molecular weight is 848 g/mol. The van der Waals surface area contributed by atoms with Crippen molar-refractivity contribution in [3.63, 3.8) is 0 Å². The van der Waals surface area contributed by atoms with Gasteiger partial charge in [0, 0.05) is 47.8 Å². The first-order chi connectivity index (χ1) is 28.4. The number of aryl methyl sites for hydroxylation is 1. The molecule has 0 atom stereocenters. The number of phenols is 2. The average Bonchev–Trinajstić information content (AvgIpc) is 3.35. The monoisotopic (exact) mass is 847 g/mol. The molecule has 314 valence electrons. The summed E-state index contributed by atoms with van der Waals surface area (Å²) in [4.78, 5) is 73.0. The van der Waals surface area contributed by atoms with E-state index in [1.54, 1.807) is 0 Å². The van der Waals surface area contributed by atoms with Crippen LogP contribution in [-0.4, -0.2) is 86.0 Å². The molecule has 0 bridgehead atoms. The molecule has 0 aromatic heterocycles. The topological polar surface area (TPSA) is 234 Å². The van der Waals surface area contributed by atoms with E-state index in [1.165, 1.54) is 38.1 Å². The summed E-state index contributed by atoms with van der Waals surface area (Å²) < 4.78 is 28.8. The fraction of sp³-hybridized carbons (Fsp3) is 0.256. The lowest BCUT2D eigenvalue weighted by Gasteiger charge is -2.38. The second-order valence-corrected chi connectivity index (χ2v) is 14.4. The molecular weight excluding hydrogens is 809 g/mol. The number of piperidine rings is 1. The third-order valence-corrected chi connectivity index (χ3v) is 10.2. The zero-order chi connectivity index (χ0) is 43.9. The number of aliphatic hydroxyl groups is 1. The second kappa shape index (κ2) is 19.0. The second-order valence-electron chi connectivity index (χ2n) is 13.9. The minimum atomic E-state index is -1.60. The van der Waals surface area contributed by atoms with E-state index in [0.717, 1.165) is 37.7 Å². The highest BCUT2D eigenvalue weighted by Crippen LogP contribution is 2.50. The van der Waals surface area contributed by atoms with Gasteiger partial charge in [0.1, 0.15) is 35.1 Å². The summed E-state index contributed by atoms with van der Waals surface area (Å²) in [6.45, 7) is 4.24. The molecule has 15 nitrogen and oxygen atoms in total. The van der Waals surface area contributed by atoms with E-state index in [-0.39, 0.29) is 40.3 Å². The van der Waals surface area contributed by atoms with Gasteiger partial charge in [0.25, 0.3) is 0 Å². The Bertz CT molecular complexity index is 2370. The lowest BCUT2D eigenvalue weighted by atomic mass is 9.84. The minimum absolute atomic E-state index is 0.0414. The van der Waals surface area contributed by atoms with E-state index in [2.05, 4.69) is 4.90 Å². The van der Waals surface area contributed by atoms with Crippen LogP contribution >= 0.6 is 11.6 Å². The Kier molecular flexibility index (Phi) is 14.1. The molecule has 60 heavy (non-hydrogen) atoms. The zero-order valence-corrected chi connectivity index (χ0v) is 33.0. The standard InChI is InChI=1S/C22H16O12.C21H23ClFNO2/c1-8-5-12(24)10(6-23)19-15(8)22(31)34-20-11(7-32-14(27)4-3-13(25)26)17(28)16(21(29)30)9(2)18(20)33-19;22-18-7-5-17(6-8-18)21(26)11-14-24(15-12-21)13-1-2-20(25)16-3-9-19(23)10-4-16/h3-6,24,28H,7H2,1-2H3,(H,25,26)(H,29,30);3-10,26H,1-2,11-15H2. The fourth-order valence-corrected chi connectivity index (χ4v) is 6.88. The van der Waals surface area contributed by atoms with Crippen molar-refractivity contribution >= 4 is 47.5 Å². The SMILES string of the molecule is Cc1cc(O)c(C=O)c2c1C(=O)Oc1c(COC(=O)C=CC(=O)O)c(O)c(C(=O)O)c(C)c1O2.O=C(CCCN1CCC(O)(c2ccc(Cl)cc2)CC1)c1ccc(F)cc1. The van der Waals surface area contributed by atoms with Gasteiger partial charge in [-0.3, -0.25) is 9.59 Å². The third kappa shape index (κ3) is 10.1. The minimum Gasteiger partial charge on any atom is -0.507 e. The maximum atomic E-state index is 12.9. The predicted octanol–water partition coefficient (Wildman–Crippen LogP) is 6.66. The number of carbonyl (C=O) groups is 6. The van der Waals surface area contributed by atoms with Gasteiger partial charge in [-0.15, -0.1) is 0 Å². The van der Waals surface area contributed by atoms with Crippen LogP contribution in [0.2, 0.25) is 5.02 Å². The number of fused-ring (bicyclic) bond motifs is 2. The number of phenolic OH excluding ortho intramolecular Hbond substituents is 1. The van der Waals surface area contributed by atoms with Crippen LogP contribution in [0.15, 0.2) is 66.7 Å². The van der Waals surface area contributed by atoms with Crippen LogP contribution in [0.1, 0.15) is 89.4 Å². The molecule has 0 aliphatic carbocycles. The highest BCUT2D eigenvalue weighted by Gasteiger charge is 2.36. The maximum absolute atomic E-state index is 12.9. The number of carboxylic acid groups (broad SMARTS) is 2. The van der Waals surface area contributed by atoms with E-state index in [9.17, 15) is 53.6 Å². The van der Waals surface area contributed by atoms with E-state index < -0.39 is 75.8 Å². The summed E-state index contributed by atoms with van der Waals surface area (Å²) >= 11 is 5.92. The lowest BCUT2D eigenvalue weighted by Crippen LogP contribution is -2.42. The Morgan fingerprint density at radius 2 is 1.58 bits per heavy atom. The number of aromatic hydroxyl groups is 2. The molecule has 2 aliphatic heterocycles. The van der Waals surface area contributed by atoms with Crippen LogP contribution in [-0.2, 0) is 26.5 Å². The molecule has 0 saturated carbocycles. The van der Waals surface area contributed by atoms with Crippen LogP contribution in [0.5, 0.6) is 28.7 Å². The Morgan fingerprint density at radius 1 is 0.933 bits per heavy atom. The summed E-state index contributed by atoms with van der Waals surface area (Å²) in [7, 11) is 0. The number of hydrogen-bond donors (Lipinski definition) is 5. The molecule has 1 fully saturated rings. The van der Waals surface area contributed by atoms with Crippen molar-refractivity contribution < 1.29 is 72.9 Å². The van der Waals surface area contributed by atoms with Crippen LogP contribution in [0, 0.1) is 19.7 Å². The molecule has 0 amide bonds. The molecule has 4 aromatic carbocycles. The molecule has 17 heteroatoms. The lowest BCUT2D eigenvalue weighted by molar-refractivity contribution is -0.139. The number of ether oxygens (including phenoxy) is 3. The number of aldehydes is 1. The number of ketones is 1. The van der Waals surface area contributed by atoms with Crippen molar-refractivity contribution in [2.45, 2.75) is 51.7 Å². The zero-order valence-electron chi connectivity index (χ0n) is 32.2. The molecular formula is C43H39ClFNO14. The summed E-state index contributed by atoms with van der Waals surface area (Å²) in [6.07, 6.45) is 3.85. The van der Waals surface area contributed by atoms with Crippen molar-refractivity contribution in [3.8, 4) is 28.7 Å². The fourth-order valence-electron chi connectivity index (χ4n) is 6.76. The quantitative estimate of drug-likeness (QED) is 0.0330. The van der Waals surface area contributed by atoms with Crippen LogP contribution in [0.25, 0.3) is 0 Å². The number of carbonyl (C=O) groups excluding carboxylic acids is 4. The molecule has 6 rings (SSSR count). The first-order valence-corrected chi connectivity index (χ1v) is 18.7. The van der Waals surface area contributed by atoms with Gasteiger partial charge in [0.05, 0.1) is 16.7 Å². The van der Waals surface area contributed by atoms with Crippen molar-refractivity contribution in [1.82, 2.24) is 4.90 Å². The van der Waals surface area contributed by atoms with Gasteiger partial charge < -0.3 is 44.6 Å². The van der Waals surface area contributed by atoms with Crippen molar-refractivity contribution in [3.05, 3.63) is 122 Å². The smallest absolute Gasteiger partial charge is 0.347 e. The molecule has 2 heterocycles. The van der Waals surface area contributed by atoms with Crippen molar-refractivity contribution in [1.29, 1.82) is 0 Å². The highest BCUT2D eigenvalue weighted by atomic mass is 35.5. The van der Waals surface area contributed by atoms with E-state index >= 15 is 0 Å². The predicted molar refractivity (Wildman–Crippen MR) is 211 cm³/mol. The molecule has 0 radical (unpaired) electrons. The Hall–Kier alpha value is -6.62. The number of aliphatic carboxylic acids is 1. The van der Waals surface area contributed by atoms with E-state index in [1.807, 2.05) is 24.3 Å². The summed E-state index contributed by atoms with van der Waals surface area (Å²) in [6, 6.07) is 14.2. The Balaban J connectivity index is 0.000000236. The van der Waals surface area contributed by atoms with Crippen molar-refractivity contribution in [2.75, 3.05) is 19.6 Å². The molecule has 4 aromatic rings. The first kappa shape index (κ1) is 44.5. The number of halogens is 2. The number of benzene rings is 4. The third-order valence-electron chi connectivity index (χ3n) is 9.98. The summed E-state index contributed by atoms with van der Waals surface area (Å²) in [5.41, 5.74) is -1.13. The van der Waals surface area contributed by atoms with Gasteiger partial charge in [0.15, 0.2) is 29.3 Å². The first-order valence-electron chi connectivity index (χ1n) is 18.3. The van der Waals surface area contributed by atoms with Gasteiger partial charge in [-0.05, 0) is 93.2 Å². The number of aromatic carboxylic acids is 1. The maximum Gasteiger partial charge on any atom is 0.347 e. The van der Waals surface area contributed by atoms with Crippen LogP contribution in [0.3, 0.4) is 0 Å². The van der Waals surface area contributed by atoms with Gasteiger partial charge in [-0.25, -0.2) is 23.6 Å².